The van der Waals surface area contributed by atoms with E-state index in [1.165, 1.54) is 11.3 Å². The summed E-state index contributed by atoms with van der Waals surface area (Å²) in [6, 6.07) is 8.44. The Balaban J connectivity index is 2.15. The van der Waals surface area contributed by atoms with Gasteiger partial charge in [-0.15, -0.1) is 0 Å². The number of nitrogens with one attached hydrogen (secondary N) is 1. The van der Waals surface area contributed by atoms with Gasteiger partial charge in [0.25, 0.3) is 0 Å². The maximum absolute atomic E-state index is 12.8. The molecule has 0 aromatic heterocycles. The first kappa shape index (κ1) is 11.4. The molecule has 0 bridgehead atoms. The Bertz CT molecular complexity index is 334. The zero-order valence-electron chi connectivity index (χ0n) is 9.91. The minimum atomic E-state index is -0.229. The number of hydrogen-bond donors (Lipinski definition) is 1. The molecule has 1 aromatic rings. The molecule has 2 rings (SSSR count). The summed E-state index contributed by atoms with van der Waals surface area (Å²) in [6.45, 7) is 1.47. The Morgan fingerprint density at radius 3 is 2.50 bits per heavy atom. The highest BCUT2D eigenvalue weighted by Crippen LogP contribution is 2.29. The highest BCUT2D eigenvalue weighted by molar-refractivity contribution is 5.46. The summed E-state index contributed by atoms with van der Waals surface area (Å²) in [4.78, 5) is 2.07. The quantitative estimate of drug-likeness (QED) is 0.841. The van der Waals surface area contributed by atoms with Crippen molar-refractivity contribution in [1.82, 2.24) is 5.32 Å². The number of halogens is 1. The summed E-state index contributed by atoms with van der Waals surface area (Å²) >= 11 is 0. The number of anilines is 1. The first-order valence-corrected chi connectivity index (χ1v) is 5.76. The topological polar surface area (TPSA) is 15.3 Å². The van der Waals surface area contributed by atoms with E-state index in [0.717, 1.165) is 13.1 Å². The SMILES string of the molecule is CN(C)c1ccc(C2CNCC2CF)cc1. The van der Waals surface area contributed by atoms with Crippen LogP contribution in [0.25, 0.3) is 0 Å². The number of benzene rings is 1. The molecule has 2 atom stereocenters. The summed E-state index contributed by atoms with van der Waals surface area (Å²) in [5.41, 5.74) is 2.43. The summed E-state index contributed by atoms with van der Waals surface area (Å²) in [5, 5.41) is 3.26. The van der Waals surface area contributed by atoms with Gasteiger partial charge in [-0.1, -0.05) is 12.1 Å². The normalized spacial score (nSPS) is 24.7. The highest BCUT2D eigenvalue weighted by atomic mass is 19.1. The van der Waals surface area contributed by atoms with Gasteiger partial charge in [0.05, 0.1) is 6.67 Å². The second-order valence-electron chi connectivity index (χ2n) is 4.67. The molecule has 2 unspecified atom stereocenters. The largest absolute Gasteiger partial charge is 0.378 e. The second-order valence-corrected chi connectivity index (χ2v) is 4.67. The van der Waals surface area contributed by atoms with Gasteiger partial charge in [0.1, 0.15) is 0 Å². The van der Waals surface area contributed by atoms with Crippen LogP contribution in [-0.4, -0.2) is 33.9 Å². The Hall–Kier alpha value is -1.09. The monoisotopic (exact) mass is 222 g/mol. The van der Waals surface area contributed by atoms with Crippen LogP contribution in [0.4, 0.5) is 10.1 Å². The molecule has 1 aliphatic heterocycles. The van der Waals surface area contributed by atoms with Crippen LogP contribution in [0, 0.1) is 5.92 Å². The molecule has 0 saturated carbocycles. The Morgan fingerprint density at radius 1 is 1.25 bits per heavy atom. The van der Waals surface area contributed by atoms with E-state index in [4.69, 9.17) is 0 Å². The van der Waals surface area contributed by atoms with Crippen LogP contribution < -0.4 is 10.2 Å². The van der Waals surface area contributed by atoms with Crippen molar-refractivity contribution in [1.29, 1.82) is 0 Å². The molecular formula is C13H19FN2. The lowest BCUT2D eigenvalue weighted by molar-refractivity contribution is 0.358. The predicted molar refractivity (Wildman–Crippen MR) is 65.8 cm³/mol. The Kier molecular flexibility index (Phi) is 3.44. The van der Waals surface area contributed by atoms with Crippen molar-refractivity contribution in [2.45, 2.75) is 5.92 Å². The molecule has 2 nitrogen and oxygen atoms in total. The zero-order chi connectivity index (χ0) is 11.5. The van der Waals surface area contributed by atoms with Crippen LogP contribution in [0.3, 0.4) is 0 Å². The van der Waals surface area contributed by atoms with E-state index in [1.807, 2.05) is 14.1 Å². The fourth-order valence-electron chi connectivity index (χ4n) is 2.30. The van der Waals surface area contributed by atoms with Gasteiger partial charge in [0, 0.05) is 44.7 Å². The van der Waals surface area contributed by atoms with Crippen molar-refractivity contribution in [3.05, 3.63) is 29.8 Å². The maximum Gasteiger partial charge on any atom is 0.0941 e. The van der Waals surface area contributed by atoms with Gasteiger partial charge >= 0.3 is 0 Å². The lowest BCUT2D eigenvalue weighted by Crippen LogP contribution is -2.13. The summed E-state index contributed by atoms with van der Waals surface area (Å²) in [6.07, 6.45) is 0. The molecule has 1 fully saturated rings. The molecule has 88 valence electrons. The first-order valence-electron chi connectivity index (χ1n) is 5.76. The van der Waals surface area contributed by atoms with Crippen molar-refractivity contribution in [3.63, 3.8) is 0 Å². The molecule has 0 radical (unpaired) electrons. The molecule has 1 saturated heterocycles. The molecule has 1 aromatic carbocycles. The van der Waals surface area contributed by atoms with Crippen molar-refractivity contribution in [2.75, 3.05) is 38.8 Å². The van der Waals surface area contributed by atoms with Gasteiger partial charge in [-0.2, -0.15) is 0 Å². The fourth-order valence-corrected chi connectivity index (χ4v) is 2.30. The number of nitrogens with zero attached hydrogens (tertiary/aromatic N) is 1. The van der Waals surface area contributed by atoms with Crippen LogP contribution in [-0.2, 0) is 0 Å². The standard InChI is InChI=1S/C13H19FN2/c1-16(2)12-5-3-10(4-6-12)13-9-15-8-11(13)7-14/h3-6,11,13,15H,7-9H2,1-2H3. The predicted octanol–water partition coefficient (Wildman–Crippen LogP) is 2.03. The number of hydrogen-bond acceptors (Lipinski definition) is 2. The molecule has 0 spiro atoms. The average molecular weight is 222 g/mol. The molecule has 1 N–H and O–H groups in total. The van der Waals surface area contributed by atoms with Gasteiger partial charge in [0.15, 0.2) is 0 Å². The van der Waals surface area contributed by atoms with Gasteiger partial charge in [0.2, 0.25) is 0 Å². The van der Waals surface area contributed by atoms with E-state index in [9.17, 15) is 4.39 Å². The summed E-state index contributed by atoms with van der Waals surface area (Å²) in [5.74, 6) is 0.478. The lowest BCUT2D eigenvalue weighted by Gasteiger charge is -2.18. The maximum atomic E-state index is 12.8. The van der Waals surface area contributed by atoms with E-state index >= 15 is 0 Å². The molecule has 0 aliphatic carbocycles. The van der Waals surface area contributed by atoms with E-state index in [0.29, 0.717) is 5.92 Å². The molecule has 0 amide bonds. The second kappa shape index (κ2) is 4.83. The summed E-state index contributed by atoms with van der Waals surface area (Å²) < 4.78 is 12.8. The fraction of sp³-hybridized carbons (Fsp3) is 0.538. The number of rotatable bonds is 3. The van der Waals surface area contributed by atoms with Gasteiger partial charge in [-0.3, -0.25) is 4.39 Å². The Labute approximate surface area is 96.5 Å². The Morgan fingerprint density at radius 2 is 1.94 bits per heavy atom. The van der Waals surface area contributed by atoms with Gasteiger partial charge in [-0.05, 0) is 17.7 Å². The van der Waals surface area contributed by atoms with Crippen molar-refractivity contribution in [2.24, 2.45) is 5.92 Å². The third-order valence-electron chi connectivity index (χ3n) is 3.38. The minimum absolute atomic E-state index is 0.144. The molecule has 3 heteroatoms. The average Bonchev–Trinajstić information content (AvgIpc) is 2.77. The third kappa shape index (κ3) is 2.19. The smallest absolute Gasteiger partial charge is 0.0941 e. The molecule has 1 heterocycles. The van der Waals surface area contributed by atoms with Crippen molar-refractivity contribution in [3.8, 4) is 0 Å². The first-order chi connectivity index (χ1) is 7.72. The summed E-state index contributed by atoms with van der Waals surface area (Å²) in [7, 11) is 4.05. The van der Waals surface area contributed by atoms with E-state index in [1.54, 1.807) is 0 Å². The van der Waals surface area contributed by atoms with E-state index < -0.39 is 0 Å². The molecular weight excluding hydrogens is 203 g/mol. The molecule has 16 heavy (non-hydrogen) atoms. The van der Waals surface area contributed by atoms with Crippen molar-refractivity contribution < 1.29 is 4.39 Å². The lowest BCUT2D eigenvalue weighted by atomic mass is 9.90. The molecule has 1 aliphatic rings. The van der Waals surface area contributed by atoms with Crippen LogP contribution in [0.15, 0.2) is 24.3 Å². The minimum Gasteiger partial charge on any atom is -0.378 e. The highest BCUT2D eigenvalue weighted by Gasteiger charge is 2.28. The van der Waals surface area contributed by atoms with Crippen LogP contribution >= 0.6 is 0 Å². The van der Waals surface area contributed by atoms with Gasteiger partial charge < -0.3 is 10.2 Å². The van der Waals surface area contributed by atoms with E-state index in [-0.39, 0.29) is 12.6 Å². The van der Waals surface area contributed by atoms with Crippen LogP contribution in [0.5, 0.6) is 0 Å². The number of alkyl halides is 1. The zero-order valence-corrected chi connectivity index (χ0v) is 9.91. The van der Waals surface area contributed by atoms with Crippen LogP contribution in [0.1, 0.15) is 11.5 Å². The van der Waals surface area contributed by atoms with Crippen molar-refractivity contribution >= 4 is 5.69 Å². The van der Waals surface area contributed by atoms with Crippen LogP contribution in [0.2, 0.25) is 0 Å². The van der Waals surface area contributed by atoms with Gasteiger partial charge in [-0.25, -0.2) is 0 Å². The third-order valence-corrected chi connectivity index (χ3v) is 3.38. The van der Waals surface area contributed by atoms with E-state index in [2.05, 4.69) is 34.5 Å².